The summed E-state index contributed by atoms with van der Waals surface area (Å²) >= 11 is 0. The molecule has 1 aliphatic rings. The number of aliphatic hydroxyl groups excluding tert-OH is 3. The molecule has 0 spiro atoms. The molecule has 0 saturated carbocycles. The van der Waals surface area contributed by atoms with Crippen molar-refractivity contribution in [2.24, 2.45) is 0 Å². The Hall–Kier alpha value is -2.46. The zero-order valence-electron chi connectivity index (χ0n) is 40.3. The summed E-state index contributed by atoms with van der Waals surface area (Å²) in [6.45, 7) is 3.83. The zero-order valence-corrected chi connectivity index (χ0v) is 41.1. The highest BCUT2D eigenvalue weighted by molar-refractivity contribution is 7.80. The first-order valence-electron chi connectivity index (χ1n) is 25.2. The van der Waals surface area contributed by atoms with Gasteiger partial charge in [0, 0.05) is 13.0 Å². The topological polar surface area (TPSA) is 178 Å². The van der Waals surface area contributed by atoms with Crippen molar-refractivity contribution in [2.45, 2.75) is 224 Å². The Labute approximate surface area is 394 Å². The van der Waals surface area contributed by atoms with Gasteiger partial charge in [-0.05, 0) is 83.5 Å². The predicted molar refractivity (Wildman–Crippen MR) is 262 cm³/mol. The van der Waals surface area contributed by atoms with Crippen molar-refractivity contribution >= 4 is 16.4 Å². The largest absolute Gasteiger partial charge is 0.457 e. The standard InChI is InChI=1S/C52H90O12S/c1-3-5-7-9-11-13-15-17-19-21-23-25-27-29-31-33-35-37-39-41-48(54)62-46(45-61-52-50(56)51(64-65(57,58)59)49(55)47(43-53)63-52)44-60-42-40-38-36-34-32-30-28-26-24-22-20-18-16-14-12-10-8-6-4-2/h5,7,11,13,17,19-20,22-23,25,29,31,46-47,49-53,55-56H,3-4,6,8-10,12,14-16,18,21,24,26-28,30,32-45H2,1-2H3,(H,57,58,59)/b7-5-,13-11-,19-17-,22-20-,25-23-,31-29-. The number of aliphatic hydroxyl groups is 3. The molecule has 6 atom stereocenters. The molecular weight excluding hydrogens is 849 g/mol. The van der Waals surface area contributed by atoms with E-state index in [1.165, 1.54) is 89.9 Å². The molecule has 65 heavy (non-hydrogen) atoms. The van der Waals surface area contributed by atoms with E-state index in [2.05, 4.69) is 90.9 Å². The summed E-state index contributed by atoms with van der Waals surface area (Å²) in [5.41, 5.74) is 0. The van der Waals surface area contributed by atoms with Gasteiger partial charge in [-0.2, -0.15) is 8.42 Å². The smallest absolute Gasteiger partial charge is 0.397 e. The summed E-state index contributed by atoms with van der Waals surface area (Å²) in [4.78, 5) is 12.9. The molecule has 376 valence electrons. The van der Waals surface area contributed by atoms with Gasteiger partial charge in [0.2, 0.25) is 0 Å². The number of ether oxygens (including phenoxy) is 4. The van der Waals surface area contributed by atoms with Crippen LogP contribution in [0.15, 0.2) is 72.9 Å². The van der Waals surface area contributed by atoms with E-state index in [1.54, 1.807) is 0 Å². The maximum Gasteiger partial charge on any atom is 0.397 e. The van der Waals surface area contributed by atoms with Gasteiger partial charge >= 0.3 is 16.4 Å². The van der Waals surface area contributed by atoms with E-state index in [0.717, 1.165) is 70.6 Å². The molecule has 0 radical (unpaired) electrons. The van der Waals surface area contributed by atoms with E-state index in [9.17, 15) is 33.1 Å². The van der Waals surface area contributed by atoms with Crippen molar-refractivity contribution in [1.82, 2.24) is 0 Å². The molecule has 0 aliphatic carbocycles. The third kappa shape index (κ3) is 36.3. The summed E-state index contributed by atoms with van der Waals surface area (Å²) in [7, 11) is -5.07. The van der Waals surface area contributed by atoms with Crippen molar-refractivity contribution in [2.75, 3.05) is 26.4 Å². The maximum absolute atomic E-state index is 12.9. The average Bonchev–Trinajstić information content (AvgIpc) is 3.28. The van der Waals surface area contributed by atoms with Gasteiger partial charge < -0.3 is 34.3 Å². The normalized spacial score (nSPS) is 20.2. The second-order valence-corrected chi connectivity index (χ2v) is 18.1. The monoisotopic (exact) mass is 939 g/mol. The van der Waals surface area contributed by atoms with E-state index < -0.39 is 59.8 Å². The number of unbranched alkanes of at least 4 members (excludes halogenated alkanes) is 18. The predicted octanol–water partition coefficient (Wildman–Crippen LogP) is 11.5. The molecule has 0 bridgehead atoms. The Morgan fingerprint density at radius 2 is 1.06 bits per heavy atom. The minimum absolute atomic E-state index is 0.0170. The van der Waals surface area contributed by atoms with Crippen LogP contribution < -0.4 is 0 Å². The quantitative estimate of drug-likeness (QED) is 0.0197. The SMILES string of the molecule is CC/C=C\C/C=C\C/C=C\C/C=C\C/C=C\CCCCCC(=O)OC(COCCCCCCCCCC/C=C\CCCCCCCCC)COC1OC(CO)C(O)C(OS(=O)(=O)O)C1O. The summed E-state index contributed by atoms with van der Waals surface area (Å²) in [5, 5.41) is 30.7. The van der Waals surface area contributed by atoms with Crippen LogP contribution in [0, 0.1) is 0 Å². The molecule has 0 aromatic heterocycles. The van der Waals surface area contributed by atoms with Crippen molar-refractivity contribution in [3.8, 4) is 0 Å². The first kappa shape index (κ1) is 60.6. The summed E-state index contributed by atoms with van der Waals surface area (Å²) in [6.07, 6.45) is 46.4. The van der Waals surface area contributed by atoms with Gasteiger partial charge in [0.25, 0.3) is 0 Å². The van der Waals surface area contributed by atoms with Gasteiger partial charge in [0.1, 0.15) is 30.5 Å². The fourth-order valence-corrected chi connectivity index (χ4v) is 7.79. The van der Waals surface area contributed by atoms with Gasteiger partial charge in [0.05, 0.1) is 19.8 Å². The van der Waals surface area contributed by atoms with Gasteiger partial charge in [0.15, 0.2) is 6.29 Å². The lowest BCUT2D eigenvalue weighted by atomic mass is 9.99. The van der Waals surface area contributed by atoms with Crippen LogP contribution >= 0.6 is 0 Å². The molecule has 12 nitrogen and oxygen atoms in total. The maximum atomic E-state index is 12.9. The fraction of sp³-hybridized carbons (Fsp3) is 0.750. The molecule has 1 saturated heterocycles. The Balaban J connectivity index is 2.41. The van der Waals surface area contributed by atoms with Gasteiger partial charge in [-0.25, -0.2) is 4.18 Å². The van der Waals surface area contributed by atoms with E-state index in [-0.39, 0.29) is 19.6 Å². The number of carbonyl (C=O) groups is 1. The van der Waals surface area contributed by atoms with Crippen LogP contribution in [0.5, 0.6) is 0 Å². The fourth-order valence-electron chi connectivity index (χ4n) is 7.28. The van der Waals surface area contributed by atoms with Crippen molar-refractivity contribution in [3.05, 3.63) is 72.9 Å². The van der Waals surface area contributed by atoms with Crippen LogP contribution in [0.3, 0.4) is 0 Å². The second-order valence-electron chi connectivity index (χ2n) is 17.0. The highest BCUT2D eigenvalue weighted by Crippen LogP contribution is 2.26. The lowest BCUT2D eigenvalue weighted by Crippen LogP contribution is -2.60. The number of rotatable bonds is 43. The molecule has 13 heteroatoms. The highest BCUT2D eigenvalue weighted by Gasteiger charge is 2.48. The highest BCUT2D eigenvalue weighted by atomic mass is 32.3. The van der Waals surface area contributed by atoms with E-state index in [0.29, 0.717) is 13.0 Å². The first-order chi connectivity index (χ1) is 31.6. The van der Waals surface area contributed by atoms with Crippen molar-refractivity contribution < 1.29 is 56.2 Å². The van der Waals surface area contributed by atoms with Crippen LogP contribution in [0.4, 0.5) is 0 Å². The van der Waals surface area contributed by atoms with E-state index in [4.69, 9.17) is 18.9 Å². The van der Waals surface area contributed by atoms with E-state index >= 15 is 0 Å². The Morgan fingerprint density at radius 1 is 0.600 bits per heavy atom. The molecular formula is C52H90O12S. The molecule has 1 heterocycles. The third-order valence-electron chi connectivity index (χ3n) is 11.1. The molecule has 0 aromatic rings. The lowest BCUT2D eigenvalue weighted by molar-refractivity contribution is -0.301. The van der Waals surface area contributed by atoms with Crippen LogP contribution in [0.2, 0.25) is 0 Å². The van der Waals surface area contributed by atoms with Crippen LogP contribution in [0.1, 0.15) is 187 Å². The van der Waals surface area contributed by atoms with Gasteiger partial charge in [-0.15, -0.1) is 0 Å². The number of hydrogen-bond donors (Lipinski definition) is 4. The molecule has 1 aliphatic heterocycles. The Bertz CT molecular complexity index is 1410. The molecule has 6 unspecified atom stereocenters. The molecule has 4 N–H and O–H groups in total. The van der Waals surface area contributed by atoms with E-state index in [1.807, 2.05) is 0 Å². The van der Waals surface area contributed by atoms with Crippen LogP contribution in [-0.4, -0.2) is 97.5 Å². The second kappa shape index (κ2) is 42.9. The van der Waals surface area contributed by atoms with Gasteiger partial charge in [-0.1, -0.05) is 170 Å². The molecule has 1 fully saturated rings. The summed E-state index contributed by atoms with van der Waals surface area (Å²) in [6, 6.07) is 0. The summed E-state index contributed by atoms with van der Waals surface area (Å²) < 4.78 is 59.2. The molecule has 0 aromatic carbocycles. The van der Waals surface area contributed by atoms with Crippen molar-refractivity contribution in [1.29, 1.82) is 0 Å². The minimum Gasteiger partial charge on any atom is -0.457 e. The Kier molecular flexibility index (Phi) is 39.9. The Morgan fingerprint density at radius 3 is 1.57 bits per heavy atom. The first-order valence-corrected chi connectivity index (χ1v) is 26.6. The zero-order chi connectivity index (χ0) is 47.5. The third-order valence-corrected chi connectivity index (χ3v) is 11.5. The average molecular weight is 939 g/mol. The van der Waals surface area contributed by atoms with Crippen LogP contribution in [-0.2, 0) is 38.3 Å². The lowest BCUT2D eigenvalue weighted by Gasteiger charge is -2.41. The molecule has 1 rings (SSSR count). The van der Waals surface area contributed by atoms with Crippen LogP contribution in [0.25, 0.3) is 0 Å². The summed E-state index contributed by atoms with van der Waals surface area (Å²) in [5.74, 6) is -0.432. The minimum atomic E-state index is -5.07. The number of hydrogen-bond acceptors (Lipinski definition) is 11. The van der Waals surface area contributed by atoms with Crippen molar-refractivity contribution in [3.63, 3.8) is 0 Å². The number of carbonyl (C=O) groups excluding carboxylic acids is 1. The van der Waals surface area contributed by atoms with Gasteiger partial charge in [-0.3, -0.25) is 9.35 Å². The number of allylic oxidation sites excluding steroid dienone is 12. The number of esters is 1. The molecule has 0 amide bonds.